The molecule has 1 saturated heterocycles. The van der Waals surface area contributed by atoms with Crippen molar-refractivity contribution in [2.24, 2.45) is 0 Å². The molecule has 0 unspecified atom stereocenters. The van der Waals surface area contributed by atoms with Gasteiger partial charge in [-0.05, 0) is 18.6 Å². The van der Waals surface area contributed by atoms with Gasteiger partial charge in [0.1, 0.15) is 16.2 Å². The van der Waals surface area contributed by atoms with Crippen LogP contribution in [0.2, 0.25) is 0 Å². The summed E-state index contributed by atoms with van der Waals surface area (Å²) in [6.07, 6.45) is 2.07. The van der Waals surface area contributed by atoms with Crippen LogP contribution in [0.15, 0.2) is 51.1 Å². The van der Waals surface area contributed by atoms with E-state index in [0.29, 0.717) is 19.8 Å². The predicted octanol–water partition coefficient (Wildman–Crippen LogP) is 0.862. The fraction of sp³-hybridized carbons (Fsp3) is 0.368. The number of rotatable bonds is 6. The molecule has 3 heterocycles. The first-order valence-corrected chi connectivity index (χ1v) is 10.9. The number of H-pyrrole nitrogens is 1. The SMILES string of the molecule is Nc1c(S(=O)(=O)c2ccccc2)c2cn[nH]c(=O)c2n1CCCN1CCOCC1. The van der Waals surface area contributed by atoms with Gasteiger partial charge in [-0.3, -0.25) is 9.69 Å². The maximum atomic E-state index is 13.3. The largest absolute Gasteiger partial charge is 0.384 e. The molecular weight excluding hydrogens is 394 g/mol. The Hall–Kier alpha value is -2.69. The molecule has 1 aliphatic heterocycles. The van der Waals surface area contributed by atoms with Crippen LogP contribution in [-0.2, 0) is 21.1 Å². The second-order valence-electron chi connectivity index (χ2n) is 6.95. The normalized spacial score (nSPS) is 15.7. The Bertz CT molecular complexity index is 1160. The quantitative estimate of drug-likeness (QED) is 0.610. The topological polar surface area (TPSA) is 123 Å². The van der Waals surface area contributed by atoms with Crippen LogP contribution in [0.3, 0.4) is 0 Å². The van der Waals surface area contributed by atoms with E-state index >= 15 is 0 Å². The summed E-state index contributed by atoms with van der Waals surface area (Å²) in [6, 6.07) is 8.06. The van der Waals surface area contributed by atoms with Gasteiger partial charge in [-0.2, -0.15) is 5.10 Å². The van der Waals surface area contributed by atoms with Gasteiger partial charge < -0.3 is 15.0 Å². The van der Waals surface area contributed by atoms with E-state index in [0.717, 1.165) is 26.1 Å². The summed E-state index contributed by atoms with van der Waals surface area (Å²) in [6.45, 7) is 4.38. The van der Waals surface area contributed by atoms with Gasteiger partial charge >= 0.3 is 0 Å². The molecule has 9 nitrogen and oxygen atoms in total. The van der Waals surface area contributed by atoms with Crippen LogP contribution < -0.4 is 11.3 Å². The zero-order valence-corrected chi connectivity index (χ0v) is 16.7. The highest BCUT2D eigenvalue weighted by atomic mass is 32.2. The Morgan fingerprint density at radius 3 is 2.59 bits per heavy atom. The lowest BCUT2D eigenvalue weighted by Gasteiger charge is -2.26. The van der Waals surface area contributed by atoms with Crippen molar-refractivity contribution in [2.75, 3.05) is 38.6 Å². The minimum absolute atomic E-state index is 0.0596. The average molecular weight is 417 g/mol. The van der Waals surface area contributed by atoms with E-state index in [1.165, 1.54) is 18.3 Å². The molecule has 10 heteroatoms. The molecular formula is C19H23N5O4S. The predicted molar refractivity (Wildman–Crippen MR) is 109 cm³/mol. The number of nitrogens with zero attached hydrogens (tertiary/aromatic N) is 3. The van der Waals surface area contributed by atoms with Gasteiger partial charge in [-0.25, -0.2) is 13.5 Å². The molecule has 1 aliphatic rings. The smallest absolute Gasteiger partial charge is 0.288 e. The van der Waals surface area contributed by atoms with Crippen LogP contribution in [0.25, 0.3) is 10.9 Å². The number of nitrogen functional groups attached to an aromatic ring is 1. The molecule has 1 fully saturated rings. The second-order valence-corrected chi connectivity index (χ2v) is 8.84. The number of aryl methyl sites for hydroxylation is 1. The molecule has 29 heavy (non-hydrogen) atoms. The summed E-state index contributed by atoms with van der Waals surface area (Å²) in [5, 5.41) is 6.42. The molecule has 4 rings (SSSR count). The first-order valence-electron chi connectivity index (χ1n) is 9.46. The first kappa shape index (κ1) is 19.6. The minimum Gasteiger partial charge on any atom is -0.384 e. The van der Waals surface area contributed by atoms with Crippen LogP contribution >= 0.6 is 0 Å². The lowest BCUT2D eigenvalue weighted by Crippen LogP contribution is -2.37. The molecule has 0 aliphatic carbocycles. The molecule has 1 aromatic carbocycles. The van der Waals surface area contributed by atoms with Crippen molar-refractivity contribution >= 4 is 26.6 Å². The van der Waals surface area contributed by atoms with E-state index in [1.54, 1.807) is 22.8 Å². The number of morpholine rings is 1. The van der Waals surface area contributed by atoms with E-state index in [-0.39, 0.29) is 26.5 Å². The molecule has 3 N–H and O–H groups in total. The summed E-state index contributed by atoms with van der Waals surface area (Å²) in [5.74, 6) is 0.0596. The third-order valence-corrected chi connectivity index (χ3v) is 7.01. The summed E-state index contributed by atoms with van der Waals surface area (Å²) in [7, 11) is -3.90. The number of anilines is 1. The highest BCUT2D eigenvalue weighted by Gasteiger charge is 2.29. The number of benzene rings is 1. The van der Waals surface area contributed by atoms with Crippen molar-refractivity contribution in [3.63, 3.8) is 0 Å². The summed E-state index contributed by atoms with van der Waals surface area (Å²) >= 11 is 0. The van der Waals surface area contributed by atoms with Gasteiger partial charge in [0.25, 0.3) is 5.56 Å². The molecule has 0 bridgehead atoms. The van der Waals surface area contributed by atoms with E-state index in [9.17, 15) is 13.2 Å². The maximum absolute atomic E-state index is 13.3. The fourth-order valence-corrected chi connectivity index (χ4v) is 5.29. The molecule has 0 radical (unpaired) electrons. The molecule has 2 aromatic heterocycles. The lowest BCUT2D eigenvalue weighted by atomic mass is 10.3. The average Bonchev–Trinajstić information content (AvgIpc) is 3.03. The number of ether oxygens (including phenoxy) is 1. The van der Waals surface area contributed by atoms with E-state index in [4.69, 9.17) is 10.5 Å². The zero-order chi connectivity index (χ0) is 20.4. The van der Waals surface area contributed by atoms with Crippen molar-refractivity contribution in [3.8, 4) is 0 Å². The van der Waals surface area contributed by atoms with Gasteiger partial charge in [0.05, 0.1) is 24.3 Å². The number of hydrogen-bond acceptors (Lipinski definition) is 7. The van der Waals surface area contributed by atoms with Crippen molar-refractivity contribution in [3.05, 3.63) is 46.9 Å². The van der Waals surface area contributed by atoms with Gasteiger partial charge in [0.15, 0.2) is 0 Å². The van der Waals surface area contributed by atoms with E-state index in [1.807, 2.05) is 0 Å². The Labute approximate surface area is 168 Å². The molecule has 0 atom stereocenters. The minimum atomic E-state index is -3.90. The van der Waals surface area contributed by atoms with Crippen LogP contribution in [0, 0.1) is 0 Å². The molecule has 0 amide bonds. The third kappa shape index (κ3) is 3.66. The summed E-state index contributed by atoms with van der Waals surface area (Å²) in [5.41, 5.74) is 6.06. The Balaban J connectivity index is 1.74. The van der Waals surface area contributed by atoms with E-state index in [2.05, 4.69) is 15.1 Å². The number of nitrogens with two attached hydrogens (primary N) is 1. The van der Waals surface area contributed by atoms with Gasteiger partial charge in [0.2, 0.25) is 9.84 Å². The zero-order valence-electron chi connectivity index (χ0n) is 15.9. The van der Waals surface area contributed by atoms with Crippen LogP contribution in [0.5, 0.6) is 0 Å². The third-order valence-electron chi connectivity index (χ3n) is 5.15. The highest BCUT2D eigenvalue weighted by molar-refractivity contribution is 7.92. The number of fused-ring (bicyclic) bond motifs is 1. The van der Waals surface area contributed by atoms with Crippen LogP contribution in [-0.4, -0.2) is 60.9 Å². The van der Waals surface area contributed by atoms with Crippen molar-refractivity contribution in [2.45, 2.75) is 22.8 Å². The molecule has 154 valence electrons. The number of aromatic amines is 1. The summed E-state index contributed by atoms with van der Waals surface area (Å²) in [4.78, 5) is 14.8. The van der Waals surface area contributed by atoms with Gasteiger partial charge in [-0.15, -0.1) is 0 Å². The van der Waals surface area contributed by atoms with Gasteiger partial charge in [0, 0.05) is 31.6 Å². The number of hydrogen-bond donors (Lipinski definition) is 2. The van der Waals surface area contributed by atoms with E-state index < -0.39 is 15.4 Å². The van der Waals surface area contributed by atoms with Crippen molar-refractivity contribution in [1.29, 1.82) is 0 Å². The van der Waals surface area contributed by atoms with Crippen LogP contribution in [0.1, 0.15) is 6.42 Å². The Kier molecular flexibility index (Phi) is 5.39. The number of nitrogens with one attached hydrogen (secondary N) is 1. The second kappa shape index (κ2) is 7.97. The van der Waals surface area contributed by atoms with Crippen molar-refractivity contribution in [1.82, 2.24) is 19.7 Å². The van der Waals surface area contributed by atoms with Gasteiger partial charge in [-0.1, -0.05) is 18.2 Å². The Morgan fingerprint density at radius 1 is 1.14 bits per heavy atom. The molecule has 0 saturated carbocycles. The molecule has 3 aromatic rings. The highest BCUT2D eigenvalue weighted by Crippen LogP contribution is 2.34. The fourth-order valence-electron chi connectivity index (χ4n) is 3.72. The monoisotopic (exact) mass is 417 g/mol. The van der Waals surface area contributed by atoms with Crippen molar-refractivity contribution < 1.29 is 13.2 Å². The number of sulfone groups is 1. The molecule has 0 spiro atoms. The standard InChI is InChI=1S/C19H23N5O4S/c20-18-17(29(26,27)14-5-2-1-3-6-14)15-13-21-22-19(25)16(15)24(18)8-4-7-23-9-11-28-12-10-23/h1-3,5-6,13H,4,7-12,20H2,(H,22,25). The summed E-state index contributed by atoms with van der Waals surface area (Å²) < 4.78 is 33.5. The first-order chi connectivity index (χ1) is 14.0. The Morgan fingerprint density at radius 2 is 1.86 bits per heavy atom. The lowest BCUT2D eigenvalue weighted by molar-refractivity contribution is 0.0370. The maximum Gasteiger partial charge on any atom is 0.288 e. The number of aromatic nitrogens is 3. The van der Waals surface area contributed by atoms with Crippen LogP contribution in [0.4, 0.5) is 5.82 Å².